The Bertz CT molecular complexity index is 823. The molecule has 0 radical (unpaired) electrons. The van der Waals surface area contributed by atoms with Crippen molar-refractivity contribution in [2.75, 3.05) is 20.2 Å². The first-order valence-corrected chi connectivity index (χ1v) is 9.75. The van der Waals surface area contributed by atoms with E-state index in [1.807, 2.05) is 13.8 Å². The summed E-state index contributed by atoms with van der Waals surface area (Å²) in [4.78, 5) is 14.2. The van der Waals surface area contributed by atoms with Gasteiger partial charge in [0.1, 0.15) is 17.4 Å². The van der Waals surface area contributed by atoms with E-state index < -0.39 is 0 Å². The Hall–Kier alpha value is -2.48. The van der Waals surface area contributed by atoms with Gasteiger partial charge in [0.25, 0.3) is 0 Å². The van der Waals surface area contributed by atoms with Crippen LogP contribution in [0.4, 0.5) is 4.39 Å². The normalized spacial score (nSPS) is 15.6. The van der Waals surface area contributed by atoms with Gasteiger partial charge < -0.3 is 14.6 Å². The highest BCUT2D eigenvalue weighted by atomic mass is 19.1. The minimum absolute atomic E-state index is 0.0141. The molecular weight excluding hydrogens is 361 g/mol. The van der Waals surface area contributed by atoms with Gasteiger partial charge in [-0.2, -0.15) is 0 Å². The zero-order valence-electron chi connectivity index (χ0n) is 16.7. The summed E-state index contributed by atoms with van der Waals surface area (Å²) in [7, 11) is 1.58. The third-order valence-corrected chi connectivity index (χ3v) is 5.32. The van der Waals surface area contributed by atoms with Gasteiger partial charge in [-0.25, -0.2) is 4.39 Å². The van der Waals surface area contributed by atoms with E-state index in [0.29, 0.717) is 30.9 Å². The summed E-state index contributed by atoms with van der Waals surface area (Å²) in [6.45, 7) is 7.04. The zero-order valence-corrected chi connectivity index (χ0v) is 16.7. The van der Waals surface area contributed by atoms with Crippen LogP contribution in [-0.2, 0) is 30.8 Å². The van der Waals surface area contributed by atoms with Crippen LogP contribution in [0.3, 0.4) is 0 Å². The first-order valence-electron chi connectivity index (χ1n) is 9.75. The van der Waals surface area contributed by atoms with Gasteiger partial charge in [0.15, 0.2) is 5.82 Å². The van der Waals surface area contributed by atoms with Crippen LogP contribution in [0.5, 0.6) is 5.75 Å². The predicted molar refractivity (Wildman–Crippen MR) is 103 cm³/mol. The van der Waals surface area contributed by atoms with E-state index in [4.69, 9.17) is 4.74 Å². The van der Waals surface area contributed by atoms with Crippen LogP contribution in [0, 0.1) is 11.7 Å². The molecule has 0 unspecified atom stereocenters. The van der Waals surface area contributed by atoms with Crippen molar-refractivity contribution in [1.29, 1.82) is 0 Å². The fraction of sp³-hybridized carbons (Fsp3) is 0.550. The quantitative estimate of drug-likeness (QED) is 0.786. The van der Waals surface area contributed by atoms with Crippen LogP contribution in [0.15, 0.2) is 18.2 Å². The smallest absolute Gasteiger partial charge is 0.223 e. The maximum Gasteiger partial charge on any atom is 0.223 e. The number of halogens is 1. The molecule has 1 amide bonds. The van der Waals surface area contributed by atoms with Gasteiger partial charge in [-0.05, 0) is 24.6 Å². The lowest BCUT2D eigenvalue weighted by atomic mass is 10.1. The van der Waals surface area contributed by atoms with Gasteiger partial charge in [0.2, 0.25) is 5.91 Å². The van der Waals surface area contributed by atoms with Crippen molar-refractivity contribution in [1.82, 2.24) is 25.0 Å². The maximum atomic E-state index is 14.2. The number of methoxy groups -OCH3 is 1. The molecule has 2 aromatic rings. The lowest BCUT2D eigenvalue weighted by molar-refractivity contribution is -0.124. The monoisotopic (exact) mass is 389 g/mol. The molecule has 3 rings (SSSR count). The first-order chi connectivity index (χ1) is 13.5. The van der Waals surface area contributed by atoms with Gasteiger partial charge in [0, 0.05) is 44.1 Å². The molecule has 28 heavy (non-hydrogen) atoms. The fourth-order valence-corrected chi connectivity index (χ4v) is 3.28. The topological polar surface area (TPSA) is 72.3 Å². The minimum Gasteiger partial charge on any atom is -0.497 e. The SMILES string of the molecule is CC[C@@H](C)C(=O)NCc1nnc2n1CCN(Cc1cc(OC)ccc1F)CC2. The summed E-state index contributed by atoms with van der Waals surface area (Å²) in [5, 5.41) is 11.5. The molecule has 0 saturated heterocycles. The molecule has 0 aliphatic carbocycles. The number of fused-ring (bicyclic) bond motifs is 1. The number of nitrogens with zero attached hydrogens (tertiary/aromatic N) is 4. The Morgan fingerprint density at radius 2 is 2.14 bits per heavy atom. The van der Waals surface area contributed by atoms with Gasteiger partial charge in [-0.3, -0.25) is 9.69 Å². The van der Waals surface area contributed by atoms with E-state index in [-0.39, 0.29) is 17.6 Å². The molecule has 0 bridgehead atoms. The number of rotatable bonds is 7. The average Bonchev–Trinajstić information content (AvgIpc) is 2.99. The van der Waals surface area contributed by atoms with E-state index in [1.54, 1.807) is 19.2 Å². The van der Waals surface area contributed by atoms with Crippen molar-refractivity contribution in [2.45, 2.75) is 46.3 Å². The third-order valence-electron chi connectivity index (χ3n) is 5.32. The molecular formula is C20H28FN5O2. The number of hydrogen-bond donors (Lipinski definition) is 1. The van der Waals surface area contributed by atoms with E-state index in [2.05, 4.69) is 25.0 Å². The summed E-state index contributed by atoms with van der Waals surface area (Å²) in [6.07, 6.45) is 1.54. The minimum atomic E-state index is -0.224. The van der Waals surface area contributed by atoms with E-state index >= 15 is 0 Å². The Morgan fingerprint density at radius 1 is 1.32 bits per heavy atom. The van der Waals surface area contributed by atoms with Gasteiger partial charge >= 0.3 is 0 Å². The Labute approximate surface area is 164 Å². The second kappa shape index (κ2) is 9.14. The van der Waals surface area contributed by atoms with Gasteiger partial charge in [0.05, 0.1) is 13.7 Å². The molecule has 1 aliphatic rings. The summed E-state index contributed by atoms with van der Waals surface area (Å²) in [6, 6.07) is 4.82. The maximum absolute atomic E-state index is 14.2. The molecule has 7 nitrogen and oxygen atoms in total. The van der Waals surface area contributed by atoms with Crippen molar-refractivity contribution in [3.8, 4) is 5.75 Å². The molecule has 0 fully saturated rings. The summed E-state index contributed by atoms with van der Waals surface area (Å²) >= 11 is 0. The molecule has 0 spiro atoms. The van der Waals surface area contributed by atoms with Gasteiger partial charge in [-0.15, -0.1) is 10.2 Å². The largest absolute Gasteiger partial charge is 0.497 e. The number of carbonyl (C=O) groups is 1. The lowest BCUT2D eigenvalue weighted by Gasteiger charge is -2.20. The number of benzene rings is 1. The van der Waals surface area contributed by atoms with Crippen LogP contribution in [0.2, 0.25) is 0 Å². The average molecular weight is 389 g/mol. The van der Waals surface area contributed by atoms with E-state index in [1.165, 1.54) is 6.07 Å². The number of nitrogens with one attached hydrogen (secondary N) is 1. The second-order valence-corrected chi connectivity index (χ2v) is 7.19. The molecule has 2 heterocycles. The highest BCUT2D eigenvalue weighted by Crippen LogP contribution is 2.19. The Kier molecular flexibility index (Phi) is 6.61. The first kappa shape index (κ1) is 20.3. The number of ether oxygens (including phenoxy) is 1. The summed E-state index contributed by atoms with van der Waals surface area (Å²) in [5.41, 5.74) is 0.623. The van der Waals surface area contributed by atoms with Crippen LogP contribution < -0.4 is 10.1 Å². The molecule has 152 valence electrons. The molecule has 1 N–H and O–H groups in total. The lowest BCUT2D eigenvalue weighted by Crippen LogP contribution is -2.30. The third kappa shape index (κ3) is 4.67. The number of aromatic nitrogens is 3. The van der Waals surface area contributed by atoms with Crippen molar-refractivity contribution < 1.29 is 13.9 Å². The fourth-order valence-electron chi connectivity index (χ4n) is 3.28. The highest BCUT2D eigenvalue weighted by molar-refractivity contribution is 5.78. The van der Waals surface area contributed by atoms with Gasteiger partial charge in [-0.1, -0.05) is 13.8 Å². The van der Waals surface area contributed by atoms with Crippen molar-refractivity contribution in [2.24, 2.45) is 5.92 Å². The summed E-state index contributed by atoms with van der Waals surface area (Å²) < 4.78 is 21.4. The van der Waals surface area contributed by atoms with Crippen molar-refractivity contribution in [3.63, 3.8) is 0 Å². The standard InChI is InChI=1S/C20H28FN5O2/c1-4-14(2)20(27)22-12-19-24-23-18-7-8-25(9-10-26(18)19)13-15-11-16(28-3)5-6-17(15)21/h5-6,11,14H,4,7-10,12-13H2,1-3H3,(H,22,27)/t14-/m1/s1. The van der Waals surface area contributed by atoms with Crippen molar-refractivity contribution >= 4 is 5.91 Å². The van der Waals surface area contributed by atoms with E-state index in [9.17, 15) is 9.18 Å². The van der Waals surface area contributed by atoms with Crippen molar-refractivity contribution in [3.05, 3.63) is 41.2 Å². The number of carbonyl (C=O) groups excluding carboxylic acids is 1. The molecule has 1 aromatic heterocycles. The van der Waals surface area contributed by atoms with Crippen LogP contribution in [0.25, 0.3) is 0 Å². The van der Waals surface area contributed by atoms with Crippen LogP contribution >= 0.6 is 0 Å². The zero-order chi connectivity index (χ0) is 20.1. The molecule has 8 heteroatoms. The summed E-state index contributed by atoms with van der Waals surface area (Å²) in [5.74, 6) is 2.12. The predicted octanol–water partition coefficient (Wildman–Crippen LogP) is 2.15. The molecule has 1 aliphatic heterocycles. The second-order valence-electron chi connectivity index (χ2n) is 7.19. The van der Waals surface area contributed by atoms with Crippen LogP contribution in [0.1, 0.15) is 37.5 Å². The highest BCUT2D eigenvalue weighted by Gasteiger charge is 2.20. The molecule has 1 atom stereocenters. The van der Waals surface area contributed by atoms with E-state index in [0.717, 1.165) is 37.6 Å². The molecule has 1 aromatic carbocycles. The number of amides is 1. The van der Waals surface area contributed by atoms with Crippen LogP contribution in [-0.4, -0.2) is 45.8 Å². The molecule has 0 saturated carbocycles. The Balaban J connectivity index is 1.62. The number of hydrogen-bond acceptors (Lipinski definition) is 5. The Morgan fingerprint density at radius 3 is 2.89 bits per heavy atom.